The van der Waals surface area contributed by atoms with E-state index in [1.807, 2.05) is 37.3 Å². The van der Waals surface area contributed by atoms with Crippen LogP contribution in [-0.4, -0.2) is 10.5 Å². The van der Waals surface area contributed by atoms with Crippen LogP contribution in [-0.2, 0) is 6.54 Å². The minimum atomic E-state index is 0.0145. The molecule has 0 spiro atoms. The topological polar surface area (TPSA) is 34.1 Å². The molecule has 0 unspecified atom stereocenters. The van der Waals surface area contributed by atoms with Crippen LogP contribution in [0.5, 0.6) is 11.5 Å². The molecular formula is C17H21ClN2O. The largest absolute Gasteiger partial charge is 0.455 e. The predicted molar refractivity (Wildman–Crippen MR) is 87.1 cm³/mol. The Kier molecular flexibility index (Phi) is 4.86. The van der Waals surface area contributed by atoms with Crippen molar-refractivity contribution in [3.8, 4) is 11.5 Å². The fourth-order valence-electron chi connectivity index (χ4n) is 1.86. The molecule has 0 amide bonds. The fourth-order valence-corrected chi connectivity index (χ4v) is 2.09. The van der Waals surface area contributed by atoms with Gasteiger partial charge in [-0.25, -0.2) is 0 Å². The molecule has 2 rings (SSSR count). The highest BCUT2D eigenvalue weighted by atomic mass is 35.5. The number of aryl methyl sites for hydroxylation is 1. The van der Waals surface area contributed by atoms with E-state index >= 15 is 0 Å². The summed E-state index contributed by atoms with van der Waals surface area (Å²) in [6.45, 7) is 8.94. The monoisotopic (exact) mass is 304 g/mol. The van der Waals surface area contributed by atoms with Crippen LogP contribution in [0.4, 0.5) is 0 Å². The zero-order chi connectivity index (χ0) is 15.5. The Balaban J connectivity index is 2.27. The molecule has 1 aromatic heterocycles. The fraction of sp³-hybridized carbons (Fsp3) is 0.353. The molecule has 1 heterocycles. The Labute approximate surface area is 131 Å². The van der Waals surface area contributed by atoms with Crippen molar-refractivity contribution in [2.75, 3.05) is 0 Å². The van der Waals surface area contributed by atoms with Crippen LogP contribution in [0.1, 0.15) is 32.0 Å². The molecule has 0 radical (unpaired) electrons. The first-order valence-electron chi connectivity index (χ1n) is 6.99. The second-order valence-corrected chi connectivity index (χ2v) is 6.42. The zero-order valence-corrected chi connectivity index (χ0v) is 13.7. The van der Waals surface area contributed by atoms with Gasteiger partial charge in [0, 0.05) is 28.9 Å². The lowest BCUT2D eigenvalue weighted by Crippen LogP contribution is -2.35. The molecule has 4 heteroatoms. The Morgan fingerprint density at radius 2 is 1.86 bits per heavy atom. The molecule has 1 aromatic carbocycles. The molecule has 0 aliphatic carbocycles. The first kappa shape index (κ1) is 15.8. The van der Waals surface area contributed by atoms with Crippen molar-refractivity contribution >= 4 is 11.6 Å². The van der Waals surface area contributed by atoms with Crippen molar-refractivity contribution in [2.24, 2.45) is 0 Å². The quantitative estimate of drug-likeness (QED) is 0.887. The molecule has 0 saturated heterocycles. The Hall–Kier alpha value is -1.58. The minimum absolute atomic E-state index is 0.0145. The summed E-state index contributed by atoms with van der Waals surface area (Å²) < 4.78 is 6.00. The first-order chi connectivity index (χ1) is 9.87. The molecule has 1 N–H and O–H groups in total. The van der Waals surface area contributed by atoms with Gasteiger partial charge in [-0.05, 0) is 52.0 Å². The summed E-state index contributed by atoms with van der Waals surface area (Å²) in [6.07, 6.45) is 1.75. The van der Waals surface area contributed by atoms with Gasteiger partial charge < -0.3 is 10.1 Å². The van der Waals surface area contributed by atoms with Gasteiger partial charge >= 0.3 is 0 Å². The molecule has 0 saturated carbocycles. The van der Waals surface area contributed by atoms with Crippen LogP contribution >= 0.6 is 11.6 Å². The predicted octanol–water partition coefficient (Wildman–Crippen LogP) is 4.72. The zero-order valence-electron chi connectivity index (χ0n) is 12.9. The van der Waals surface area contributed by atoms with Crippen molar-refractivity contribution in [3.05, 3.63) is 52.8 Å². The number of nitrogens with zero attached hydrogens (tertiary/aromatic N) is 1. The third-order valence-corrected chi connectivity index (χ3v) is 3.40. The number of rotatable bonds is 4. The average molecular weight is 305 g/mol. The first-order valence-corrected chi connectivity index (χ1v) is 7.36. The summed E-state index contributed by atoms with van der Waals surface area (Å²) in [5, 5.41) is 4.14. The maximum Gasteiger partial charge on any atom is 0.148 e. The maximum atomic E-state index is 6.33. The summed E-state index contributed by atoms with van der Waals surface area (Å²) in [5.41, 5.74) is 1.82. The summed E-state index contributed by atoms with van der Waals surface area (Å²) in [7, 11) is 0. The minimum Gasteiger partial charge on any atom is -0.455 e. The van der Waals surface area contributed by atoms with E-state index in [9.17, 15) is 0 Å². The van der Waals surface area contributed by atoms with Crippen molar-refractivity contribution < 1.29 is 4.74 Å². The van der Waals surface area contributed by atoms with Gasteiger partial charge in [-0.3, -0.25) is 4.98 Å². The maximum absolute atomic E-state index is 6.33. The van der Waals surface area contributed by atoms with Crippen molar-refractivity contribution in [3.63, 3.8) is 0 Å². The second-order valence-electron chi connectivity index (χ2n) is 6.01. The summed E-state index contributed by atoms with van der Waals surface area (Å²) in [4.78, 5) is 4.24. The average Bonchev–Trinajstić information content (AvgIpc) is 2.39. The number of ether oxygens (including phenoxy) is 1. The molecule has 3 nitrogen and oxygen atoms in total. The van der Waals surface area contributed by atoms with Crippen molar-refractivity contribution in [1.82, 2.24) is 10.3 Å². The number of pyridine rings is 1. The van der Waals surface area contributed by atoms with Crippen LogP contribution in [0.15, 0.2) is 36.5 Å². The molecule has 0 aliphatic rings. The second kappa shape index (κ2) is 6.46. The lowest BCUT2D eigenvalue weighted by atomic mass is 10.1. The molecule has 0 atom stereocenters. The standard InChI is InChI=1S/C17H21ClN2O/c1-12-15(9-6-10-19-12)21-16-8-5-7-14(18)13(16)11-20-17(2,3)4/h5-10,20H,11H2,1-4H3. The van der Waals surface area contributed by atoms with E-state index in [1.165, 1.54) is 0 Å². The Bertz CT molecular complexity index is 620. The van der Waals surface area contributed by atoms with E-state index in [2.05, 4.69) is 31.1 Å². The van der Waals surface area contributed by atoms with Gasteiger partial charge in [-0.2, -0.15) is 0 Å². The molecule has 0 fully saturated rings. The van der Waals surface area contributed by atoms with Crippen LogP contribution in [0.25, 0.3) is 0 Å². The number of hydrogen-bond acceptors (Lipinski definition) is 3. The normalized spacial score (nSPS) is 11.5. The molecule has 0 bridgehead atoms. The highest BCUT2D eigenvalue weighted by Crippen LogP contribution is 2.31. The highest BCUT2D eigenvalue weighted by molar-refractivity contribution is 6.31. The number of benzene rings is 1. The third-order valence-electron chi connectivity index (χ3n) is 3.05. The van der Waals surface area contributed by atoms with E-state index in [0.717, 1.165) is 22.8 Å². The number of halogens is 1. The highest BCUT2D eigenvalue weighted by Gasteiger charge is 2.14. The number of aromatic nitrogens is 1. The molecule has 2 aromatic rings. The number of hydrogen-bond donors (Lipinski definition) is 1. The lowest BCUT2D eigenvalue weighted by molar-refractivity contribution is 0.413. The molecule has 112 valence electrons. The summed E-state index contributed by atoms with van der Waals surface area (Å²) in [6, 6.07) is 9.47. The van der Waals surface area contributed by atoms with Gasteiger partial charge in [0.2, 0.25) is 0 Å². The van der Waals surface area contributed by atoms with Crippen LogP contribution in [0.2, 0.25) is 5.02 Å². The molecule has 21 heavy (non-hydrogen) atoms. The SMILES string of the molecule is Cc1ncccc1Oc1cccc(Cl)c1CNC(C)(C)C. The third kappa shape index (κ3) is 4.45. The van der Waals surface area contributed by atoms with Crippen molar-refractivity contribution in [1.29, 1.82) is 0 Å². The van der Waals surface area contributed by atoms with Gasteiger partial charge in [0.15, 0.2) is 0 Å². The van der Waals surface area contributed by atoms with Crippen LogP contribution in [0.3, 0.4) is 0 Å². The Morgan fingerprint density at radius 3 is 2.52 bits per heavy atom. The van der Waals surface area contributed by atoms with Gasteiger partial charge in [0.05, 0.1) is 5.69 Å². The van der Waals surface area contributed by atoms with E-state index in [0.29, 0.717) is 11.6 Å². The van der Waals surface area contributed by atoms with Gasteiger partial charge in [-0.1, -0.05) is 17.7 Å². The van der Waals surface area contributed by atoms with E-state index in [-0.39, 0.29) is 5.54 Å². The van der Waals surface area contributed by atoms with Crippen LogP contribution in [0, 0.1) is 6.92 Å². The molecular weight excluding hydrogens is 284 g/mol. The summed E-state index contributed by atoms with van der Waals surface area (Å²) >= 11 is 6.33. The summed E-state index contributed by atoms with van der Waals surface area (Å²) in [5.74, 6) is 1.51. The van der Waals surface area contributed by atoms with Crippen LogP contribution < -0.4 is 10.1 Å². The van der Waals surface area contributed by atoms with Gasteiger partial charge in [-0.15, -0.1) is 0 Å². The van der Waals surface area contributed by atoms with Gasteiger partial charge in [0.25, 0.3) is 0 Å². The van der Waals surface area contributed by atoms with Gasteiger partial charge in [0.1, 0.15) is 11.5 Å². The lowest BCUT2D eigenvalue weighted by Gasteiger charge is -2.22. The van der Waals surface area contributed by atoms with E-state index < -0.39 is 0 Å². The Morgan fingerprint density at radius 1 is 1.14 bits per heavy atom. The van der Waals surface area contributed by atoms with E-state index in [4.69, 9.17) is 16.3 Å². The van der Waals surface area contributed by atoms with E-state index in [1.54, 1.807) is 6.20 Å². The number of nitrogens with one attached hydrogen (secondary N) is 1. The van der Waals surface area contributed by atoms with Crippen molar-refractivity contribution in [2.45, 2.75) is 39.8 Å². The smallest absolute Gasteiger partial charge is 0.148 e. The molecule has 0 aliphatic heterocycles.